The summed E-state index contributed by atoms with van der Waals surface area (Å²) in [6.07, 6.45) is -1.71. The lowest BCUT2D eigenvalue weighted by molar-refractivity contribution is -0.137. The Morgan fingerprint density at radius 1 is 1.19 bits per heavy atom. The molecule has 0 aromatic heterocycles. The first-order valence-corrected chi connectivity index (χ1v) is 4.36. The average molecular weight is 231 g/mol. The third-order valence-electron chi connectivity index (χ3n) is 2.02. The molecule has 1 aliphatic rings. The SMILES string of the molecule is ON1C=CN(c2cccc(C(F)(F)F)c2)N1. The van der Waals surface area contributed by atoms with Crippen LogP contribution in [0.1, 0.15) is 5.56 Å². The number of nitrogens with zero attached hydrogens (tertiary/aromatic N) is 2. The first-order valence-electron chi connectivity index (χ1n) is 4.36. The maximum Gasteiger partial charge on any atom is 0.416 e. The Labute approximate surface area is 89.1 Å². The van der Waals surface area contributed by atoms with E-state index >= 15 is 0 Å². The second kappa shape index (κ2) is 3.69. The lowest BCUT2D eigenvalue weighted by Gasteiger charge is -2.19. The second-order valence-electron chi connectivity index (χ2n) is 3.16. The molecule has 0 spiro atoms. The first kappa shape index (κ1) is 10.8. The normalized spacial score (nSPS) is 16.0. The van der Waals surface area contributed by atoms with Crippen molar-refractivity contribution in [2.75, 3.05) is 5.01 Å². The highest BCUT2D eigenvalue weighted by Gasteiger charge is 2.30. The quantitative estimate of drug-likeness (QED) is 0.776. The largest absolute Gasteiger partial charge is 0.416 e. The zero-order valence-corrected chi connectivity index (χ0v) is 7.94. The van der Waals surface area contributed by atoms with Crippen molar-refractivity contribution in [3.63, 3.8) is 0 Å². The van der Waals surface area contributed by atoms with Crippen LogP contribution in [0.25, 0.3) is 0 Å². The van der Waals surface area contributed by atoms with Gasteiger partial charge in [0, 0.05) is 6.20 Å². The van der Waals surface area contributed by atoms with Crippen LogP contribution in [-0.2, 0) is 6.18 Å². The molecule has 2 rings (SSSR count). The van der Waals surface area contributed by atoms with Crippen molar-refractivity contribution in [3.05, 3.63) is 42.2 Å². The molecule has 0 saturated carbocycles. The fourth-order valence-corrected chi connectivity index (χ4v) is 1.28. The fourth-order valence-electron chi connectivity index (χ4n) is 1.28. The van der Waals surface area contributed by atoms with Gasteiger partial charge >= 0.3 is 6.18 Å². The van der Waals surface area contributed by atoms with Crippen LogP contribution in [0, 0.1) is 0 Å². The van der Waals surface area contributed by atoms with Gasteiger partial charge in [0.2, 0.25) is 0 Å². The molecule has 4 nitrogen and oxygen atoms in total. The number of benzene rings is 1. The minimum absolute atomic E-state index is 0.280. The third-order valence-corrected chi connectivity index (χ3v) is 2.02. The van der Waals surface area contributed by atoms with Gasteiger partial charge in [0.05, 0.1) is 17.5 Å². The smallest absolute Gasteiger partial charge is 0.272 e. The fraction of sp³-hybridized carbons (Fsp3) is 0.111. The lowest BCUT2D eigenvalue weighted by Crippen LogP contribution is -2.37. The van der Waals surface area contributed by atoms with Crippen LogP contribution >= 0.6 is 0 Å². The van der Waals surface area contributed by atoms with Crippen LogP contribution in [0.3, 0.4) is 0 Å². The van der Waals surface area contributed by atoms with E-state index in [4.69, 9.17) is 5.21 Å². The van der Waals surface area contributed by atoms with Crippen molar-refractivity contribution in [1.82, 2.24) is 10.7 Å². The van der Waals surface area contributed by atoms with Crippen molar-refractivity contribution < 1.29 is 18.4 Å². The molecule has 0 radical (unpaired) electrons. The monoisotopic (exact) mass is 231 g/mol. The number of nitrogens with one attached hydrogen (secondary N) is 1. The summed E-state index contributed by atoms with van der Waals surface area (Å²) >= 11 is 0. The van der Waals surface area contributed by atoms with Gasteiger partial charge in [-0.05, 0) is 18.2 Å². The van der Waals surface area contributed by atoms with Gasteiger partial charge in [0.25, 0.3) is 0 Å². The van der Waals surface area contributed by atoms with Crippen LogP contribution < -0.4 is 10.5 Å². The first-order chi connectivity index (χ1) is 7.47. The molecule has 0 atom stereocenters. The predicted octanol–water partition coefficient (Wildman–Crippen LogP) is 2.11. The van der Waals surface area contributed by atoms with Crippen molar-refractivity contribution in [2.45, 2.75) is 6.18 Å². The molecule has 2 N–H and O–H groups in total. The minimum atomic E-state index is -4.38. The molecule has 0 bridgehead atoms. The van der Waals surface area contributed by atoms with Gasteiger partial charge in [-0.25, -0.2) is 0 Å². The minimum Gasteiger partial charge on any atom is -0.272 e. The standard InChI is InChI=1S/C9H8F3N3O/c10-9(11,12)7-2-1-3-8(6-7)14-4-5-15(16)13-14/h1-6,13,16H. The molecular weight excluding hydrogens is 223 g/mol. The van der Waals surface area contributed by atoms with Crippen LogP contribution in [-0.4, -0.2) is 10.4 Å². The van der Waals surface area contributed by atoms with Crippen molar-refractivity contribution >= 4 is 5.69 Å². The Morgan fingerprint density at radius 3 is 2.50 bits per heavy atom. The molecule has 1 heterocycles. The number of rotatable bonds is 1. The Morgan fingerprint density at radius 2 is 1.94 bits per heavy atom. The molecule has 7 heteroatoms. The molecule has 1 aromatic carbocycles. The van der Waals surface area contributed by atoms with Crippen LogP contribution in [0.5, 0.6) is 0 Å². The van der Waals surface area contributed by atoms with Crippen molar-refractivity contribution in [1.29, 1.82) is 0 Å². The van der Waals surface area contributed by atoms with Crippen molar-refractivity contribution in [3.8, 4) is 0 Å². The summed E-state index contributed by atoms with van der Waals surface area (Å²) in [6.45, 7) is 0. The van der Waals surface area contributed by atoms with Gasteiger partial charge in [-0.15, -0.1) is 5.53 Å². The molecule has 0 unspecified atom stereocenters. The predicted molar refractivity (Wildman–Crippen MR) is 49.8 cm³/mol. The third kappa shape index (κ3) is 2.10. The van der Waals surface area contributed by atoms with Crippen LogP contribution in [0.15, 0.2) is 36.7 Å². The van der Waals surface area contributed by atoms with Crippen LogP contribution in [0.2, 0.25) is 0 Å². The van der Waals surface area contributed by atoms with E-state index in [0.29, 0.717) is 5.17 Å². The number of halogens is 3. The zero-order chi connectivity index (χ0) is 11.8. The summed E-state index contributed by atoms with van der Waals surface area (Å²) in [4.78, 5) is 0. The Bertz CT molecular complexity index is 419. The molecule has 0 saturated heterocycles. The van der Waals surface area contributed by atoms with Gasteiger partial charge in [-0.3, -0.25) is 10.2 Å². The molecule has 0 fully saturated rings. The van der Waals surface area contributed by atoms with Gasteiger partial charge in [-0.1, -0.05) is 6.07 Å². The molecule has 16 heavy (non-hydrogen) atoms. The molecule has 1 aliphatic heterocycles. The molecule has 1 aromatic rings. The van der Waals surface area contributed by atoms with Gasteiger partial charge in [0.1, 0.15) is 0 Å². The number of hydrazine groups is 2. The number of hydroxylamine groups is 1. The maximum atomic E-state index is 12.4. The van der Waals surface area contributed by atoms with E-state index in [1.54, 1.807) is 0 Å². The highest BCUT2D eigenvalue weighted by Crippen LogP contribution is 2.31. The molecule has 0 aliphatic carbocycles. The zero-order valence-electron chi connectivity index (χ0n) is 7.94. The van der Waals surface area contributed by atoms with Gasteiger partial charge in [0.15, 0.2) is 0 Å². The Kier molecular flexibility index (Phi) is 2.49. The summed E-state index contributed by atoms with van der Waals surface area (Å²) in [6, 6.07) is 4.76. The summed E-state index contributed by atoms with van der Waals surface area (Å²) in [5.41, 5.74) is 1.93. The highest BCUT2D eigenvalue weighted by atomic mass is 19.4. The van der Waals surface area contributed by atoms with E-state index < -0.39 is 11.7 Å². The molecular formula is C9H8F3N3O. The van der Waals surface area contributed by atoms with E-state index in [2.05, 4.69) is 5.53 Å². The van der Waals surface area contributed by atoms with E-state index in [0.717, 1.165) is 12.1 Å². The summed E-state index contributed by atoms with van der Waals surface area (Å²) < 4.78 is 37.2. The summed E-state index contributed by atoms with van der Waals surface area (Å²) in [7, 11) is 0. The second-order valence-corrected chi connectivity index (χ2v) is 3.16. The Hall–Kier alpha value is -1.73. The number of anilines is 1. The Balaban J connectivity index is 2.27. The maximum absolute atomic E-state index is 12.4. The van der Waals surface area contributed by atoms with Crippen molar-refractivity contribution in [2.24, 2.45) is 0 Å². The molecule has 86 valence electrons. The van der Waals surface area contributed by atoms with E-state index in [-0.39, 0.29) is 5.69 Å². The number of hydrogen-bond acceptors (Lipinski definition) is 4. The van der Waals surface area contributed by atoms with E-state index in [1.807, 2.05) is 0 Å². The highest BCUT2D eigenvalue weighted by molar-refractivity contribution is 5.51. The lowest BCUT2D eigenvalue weighted by atomic mass is 10.2. The average Bonchev–Trinajstić information content (AvgIpc) is 2.64. The number of hydrogen-bond donors (Lipinski definition) is 2. The van der Waals surface area contributed by atoms with E-state index in [1.165, 1.54) is 29.5 Å². The van der Waals surface area contributed by atoms with Gasteiger partial charge in [-0.2, -0.15) is 18.3 Å². The van der Waals surface area contributed by atoms with Crippen LogP contribution in [0.4, 0.5) is 18.9 Å². The summed E-state index contributed by atoms with van der Waals surface area (Å²) in [5.74, 6) is 0. The topological polar surface area (TPSA) is 38.7 Å². The number of alkyl halides is 3. The van der Waals surface area contributed by atoms with E-state index in [9.17, 15) is 13.2 Å². The summed E-state index contributed by atoms with van der Waals surface area (Å²) in [5, 5.41) is 10.9. The van der Waals surface area contributed by atoms with Gasteiger partial charge < -0.3 is 0 Å². The molecule has 0 amide bonds.